The average Bonchev–Trinajstić information content (AvgIpc) is 3.15. The van der Waals surface area contributed by atoms with Crippen LogP contribution in [0.1, 0.15) is 117 Å². The summed E-state index contributed by atoms with van der Waals surface area (Å²) in [5, 5.41) is 58.5. The Labute approximate surface area is 285 Å². The van der Waals surface area contributed by atoms with Crippen LogP contribution in [0.15, 0.2) is 18.2 Å². The normalized spacial score (nSPS) is 19.6. The third kappa shape index (κ3) is 10.8. The Balaban J connectivity index is 0. The van der Waals surface area contributed by atoms with Gasteiger partial charge in [-0.2, -0.15) is 0 Å². The lowest BCUT2D eigenvalue weighted by atomic mass is 9.74. The summed E-state index contributed by atoms with van der Waals surface area (Å²) in [5.74, 6) is -3.68. The minimum atomic E-state index is -1.35. The van der Waals surface area contributed by atoms with Gasteiger partial charge in [0.05, 0.1) is 36.0 Å². The van der Waals surface area contributed by atoms with Crippen molar-refractivity contribution in [2.45, 2.75) is 92.4 Å². The zero-order chi connectivity index (χ0) is 37.7. The molecule has 0 bridgehead atoms. The molecule has 1 fully saturated rings. The molecule has 274 valence electrons. The monoisotopic (exact) mass is 681 g/mol. The van der Waals surface area contributed by atoms with Crippen molar-refractivity contribution >= 4 is 17.3 Å². The Morgan fingerprint density at radius 2 is 1.48 bits per heavy atom. The first-order chi connectivity index (χ1) is 23.1. The number of Topliss-reactive ketones (excluding diaryl/α,β-unsaturated/α-hetero) is 1. The van der Waals surface area contributed by atoms with E-state index in [0.717, 1.165) is 27.2 Å². The van der Waals surface area contributed by atoms with E-state index >= 15 is 0 Å². The van der Waals surface area contributed by atoms with E-state index < -0.39 is 53.0 Å². The molecule has 12 nitrogen and oxygen atoms in total. The molecular weight excluding hydrogens is 622 g/mol. The Bertz CT molecular complexity index is 1280. The van der Waals surface area contributed by atoms with Crippen molar-refractivity contribution in [1.82, 2.24) is 5.32 Å². The van der Waals surface area contributed by atoms with E-state index in [1.807, 2.05) is 48.6 Å². The van der Waals surface area contributed by atoms with Crippen molar-refractivity contribution in [3.05, 3.63) is 51.6 Å². The maximum atomic E-state index is 13.1. The molecule has 1 heterocycles. The van der Waals surface area contributed by atoms with Crippen molar-refractivity contribution < 1.29 is 54.5 Å². The number of carbonyl (C=O) groups excluding carboxylic acids is 3. The minimum absolute atomic E-state index is 0.0239. The van der Waals surface area contributed by atoms with Gasteiger partial charge in [0, 0.05) is 49.5 Å². The van der Waals surface area contributed by atoms with Crippen LogP contribution in [0, 0.1) is 5.92 Å². The van der Waals surface area contributed by atoms with Crippen LogP contribution in [-0.4, -0.2) is 102 Å². The van der Waals surface area contributed by atoms with Crippen molar-refractivity contribution in [3.63, 3.8) is 0 Å². The largest absolute Gasteiger partial charge is 0.507 e. The van der Waals surface area contributed by atoms with Crippen molar-refractivity contribution in [1.29, 1.82) is 0 Å². The van der Waals surface area contributed by atoms with Gasteiger partial charge in [0.15, 0.2) is 11.6 Å². The molecule has 5 rings (SSSR count). The summed E-state index contributed by atoms with van der Waals surface area (Å²) in [4.78, 5) is 38.1. The molecule has 4 atom stereocenters. The number of nitrogens with one attached hydrogen (secondary N) is 1. The third-order valence-corrected chi connectivity index (χ3v) is 7.56. The Kier molecular flexibility index (Phi) is 24.1. The first-order valence-electron chi connectivity index (χ1n) is 16.5. The summed E-state index contributed by atoms with van der Waals surface area (Å²) in [6.45, 7) is 14.3. The molecule has 2 aliphatic carbocycles. The van der Waals surface area contributed by atoms with Crippen LogP contribution in [0.5, 0.6) is 17.2 Å². The van der Waals surface area contributed by atoms with E-state index in [1.54, 1.807) is 0 Å². The van der Waals surface area contributed by atoms with E-state index in [1.165, 1.54) is 31.7 Å². The first-order valence-corrected chi connectivity index (χ1v) is 16.5. The van der Waals surface area contributed by atoms with E-state index in [4.69, 9.17) is 24.8 Å². The molecule has 3 aliphatic rings. The molecule has 12 heteroatoms. The molecule has 1 saturated heterocycles. The number of aliphatic hydroxyl groups is 4. The summed E-state index contributed by atoms with van der Waals surface area (Å²) < 4.78 is 10.5. The van der Waals surface area contributed by atoms with Crippen LogP contribution in [0.2, 0.25) is 0 Å². The number of aliphatic hydroxyl groups excluding tert-OH is 4. The van der Waals surface area contributed by atoms with Crippen LogP contribution in [0.3, 0.4) is 0 Å². The van der Waals surface area contributed by atoms with Crippen LogP contribution in [0.25, 0.3) is 0 Å². The predicted octanol–water partition coefficient (Wildman–Crippen LogP) is 4.11. The van der Waals surface area contributed by atoms with E-state index in [0.29, 0.717) is 12.1 Å². The summed E-state index contributed by atoms with van der Waals surface area (Å²) >= 11 is 0. The van der Waals surface area contributed by atoms with Crippen LogP contribution in [0.4, 0.5) is 0 Å². The fourth-order valence-electron chi connectivity index (χ4n) is 5.54. The molecule has 3 unspecified atom stereocenters. The second-order valence-electron chi connectivity index (χ2n) is 9.85. The minimum Gasteiger partial charge on any atom is -0.507 e. The van der Waals surface area contributed by atoms with Gasteiger partial charge in [-0.25, -0.2) is 0 Å². The first kappa shape index (κ1) is 46.7. The molecule has 0 radical (unpaired) electrons. The molecule has 7 N–H and O–H groups in total. The van der Waals surface area contributed by atoms with Gasteiger partial charge in [0.25, 0.3) is 0 Å². The number of phenolic OH excluding ortho intramolecular Hbond substituents is 2. The zero-order valence-electron chi connectivity index (χ0n) is 30.5. The Morgan fingerprint density at radius 3 is 1.96 bits per heavy atom. The number of benzene rings is 2. The fourth-order valence-corrected chi connectivity index (χ4v) is 5.54. The number of hydrogen-bond acceptors (Lipinski definition) is 12. The van der Waals surface area contributed by atoms with Gasteiger partial charge in [-0.1, -0.05) is 53.7 Å². The lowest BCUT2D eigenvalue weighted by Gasteiger charge is -2.32. The number of hydrogen-bond donors (Lipinski definition) is 7. The molecule has 2 aromatic carbocycles. The highest BCUT2D eigenvalue weighted by molar-refractivity contribution is 6.31. The molecule has 0 spiro atoms. The third-order valence-electron chi connectivity index (χ3n) is 7.56. The van der Waals surface area contributed by atoms with Crippen molar-refractivity contribution in [3.8, 4) is 17.2 Å². The second-order valence-corrected chi connectivity index (χ2v) is 9.85. The maximum absolute atomic E-state index is 13.1. The number of phenols is 2. The molecule has 1 aliphatic heterocycles. The SMILES string of the molecule is CC.CC.CC.CNC1CCOC(C)C1.CO.CO.COc1cccc2c1C(=O)c1c(O)c3c(c(O)c1C2=O)CC(C(=O)CO)C[C@@H]3O. The van der Waals surface area contributed by atoms with Gasteiger partial charge in [-0.3, -0.25) is 14.4 Å². The number of fused-ring (bicyclic) bond motifs is 3. The predicted molar refractivity (Wildman–Crippen MR) is 186 cm³/mol. The van der Waals surface area contributed by atoms with E-state index in [-0.39, 0.29) is 46.4 Å². The molecular formula is C36H59NO11. The number of rotatable bonds is 4. The number of aromatic hydroxyl groups is 2. The number of carbonyl (C=O) groups is 3. The van der Waals surface area contributed by atoms with E-state index in [9.17, 15) is 29.7 Å². The summed E-state index contributed by atoms with van der Waals surface area (Å²) in [6, 6.07) is 5.14. The lowest BCUT2D eigenvalue weighted by Crippen LogP contribution is -2.35. The molecule has 0 saturated carbocycles. The number of methoxy groups -OCH3 is 1. The maximum Gasteiger partial charge on any atom is 0.202 e. The standard InChI is InChI=1S/C21H18O8.C7H15NO.3C2H6.2CH4O/c1-29-13-4-2-3-9-15(13)21(28)17-16(18(9)25)19(26)10-5-8(12(24)7-22)6-11(23)14(10)20(17)27;1-6-5-7(8-2)3-4-9-6;5*1-2/h2-4,8,11,22-23,26-27H,5-7H2,1H3;6-8H,3-5H2,1-2H3;3*1-2H3;2*2H,1H3/t8?,11-;;;;;;/m0....../s1. The highest BCUT2D eigenvalue weighted by atomic mass is 16.5. The fraction of sp³-hybridized carbons (Fsp3) is 0.583. The highest BCUT2D eigenvalue weighted by Crippen LogP contribution is 2.50. The highest BCUT2D eigenvalue weighted by Gasteiger charge is 2.43. The molecule has 0 amide bonds. The topological polar surface area (TPSA) is 203 Å². The number of ether oxygens (including phenoxy) is 2. The molecule has 2 aromatic rings. The average molecular weight is 682 g/mol. The van der Waals surface area contributed by atoms with Gasteiger partial charge >= 0.3 is 0 Å². The van der Waals surface area contributed by atoms with Crippen molar-refractivity contribution in [2.75, 3.05) is 41.6 Å². The van der Waals surface area contributed by atoms with E-state index in [2.05, 4.69) is 12.2 Å². The van der Waals surface area contributed by atoms with Gasteiger partial charge in [0.2, 0.25) is 5.78 Å². The van der Waals surface area contributed by atoms with Gasteiger partial charge in [-0.05, 0) is 45.7 Å². The zero-order valence-corrected chi connectivity index (χ0v) is 30.5. The summed E-state index contributed by atoms with van der Waals surface area (Å²) in [7, 11) is 5.36. The summed E-state index contributed by atoms with van der Waals surface area (Å²) in [6.07, 6.45) is 1.27. The van der Waals surface area contributed by atoms with Crippen LogP contribution >= 0.6 is 0 Å². The van der Waals surface area contributed by atoms with Gasteiger partial charge in [0.1, 0.15) is 23.9 Å². The summed E-state index contributed by atoms with van der Waals surface area (Å²) in [5.41, 5.74) is -0.816. The molecule has 48 heavy (non-hydrogen) atoms. The Hall–Kier alpha value is -3.39. The second kappa shape index (κ2) is 24.7. The quantitative estimate of drug-likeness (QED) is 0.195. The van der Waals surface area contributed by atoms with Gasteiger partial charge < -0.3 is 45.4 Å². The number of ketones is 3. The van der Waals surface area contributed by atoms with Gasteiger partial charge in [-0.15, -0.1) is 0 Å². The van der Waals surface area contributed by atoms with Crippen LogP contribution < -0.4 is 10.1 Å². The molecule has 0 aromatic heterocycles. The van der Waals surface area contributed by atoms with Crippen LogP contribution in [-0.2, 0) is 16.0 Å². The van der Waals surface area contributed by atoms with Crippen molar-refractivity contribution in [2.24, 2.45) is 5.92 Å². The lowest BCUT2D eigenvalue weighted by molar-refractivity contribution is -0.127. The smallest absolute Gasteiger partial charge is 0.202 e. The Morgan fingerprint density at radius 1 is 0.917 bits per heavy atom.